The number of hydrogen-bond acceptors (Lipinski definition) is 4. The van der Waals surface area contributed by atoms with Crippen LogP contribution in [-0.4, -0.2) is 35.0 Å². The maximum absolute atomic E-state index is 11.6. The molecule has 0 heterocycles. The lowest BCUT2D eigenvalue weighted by Crippen LogP contribution is -2.40. The van der Waals surface area contributed by atoms with E-state index in [4.69, 9.17) is 9.84 Å². The Bertz CT molecular complexity index is 359. The molecule has 4 nitrogen and oxygen atoms in total. The summed E-state index contributed by atoms with van der Waals surface area (Å²) in [5.74, 6) is -0.831. The third kappa shape index (κ3) is 3.84. The van der Waals surface area contributed by atoms with Crippen molar-refractivity contribution in [3.8, 4) is 0 Å². The van der Waals surface area contributed by atoms with E-state index in [1.165, 1.54) is 6.92 Å². The number of aliphatic hydroxyl groups excluding tert-OH is 1. The van der Waals surface area contributed by atoms with Gasteiger partial charge in [0, 0.05) is 12.5 Å². The summed E-state index contributed by atoms with van der Waals surface area (Å²) in [4.78, 5) is 11.6. The Morgan fingerprint density at radius 3 is 2.53 bits per heavy atom. The maximum atomic E-state index is 11.6. The van der Waals surface area contributed by atoms with Crippen molar-refractivity contribution in [1.82, 2.24) is 0 Å². The molecule has 0 unspecified atom stereocenters. The number of rotatable bonds is 5. The van der Waals surface area contributed by atoms with Crippen molar-refractivity contribution < 1.29 is 19.7 Å². The molecule has 0 aromatic heterocycles. The summed E-state index contributed by atoms with van der Waals surface area (Å²) < 4.78 is 5.02. The number of esters is 1. The second kappa shape index (κ2) is 5.80. The highest BCUT2D eigenvalue weighted by atomic mass is 16.5. The van der Waals surface area contributed by atoms with Crippen molar-refractivity contribution in [2.75, 3.05) is 13.2 Å². The summed E-state index contributed by atoms with van der Waals surface area (Å²) in [5.41, 5.74) is -0.779. The molecule has 0 bridgehead atoms. The van der Waals surface area contributed by atoms with Crippen molar-refractivity contribution >= 4 is 5.97 Å². The molecule has 4 heteroatoms. The fourth-order valence-electron chi connectivity index (χ4n) is 1.21. The topological polar surface area (TPSA) is 66.8 Å². The molecule has 0 fully saturated rings. The van der Waals surface area contributed by atoms with Crippen LogP contribution in [0.4, 0.5) is 0 Å². The Morgan fingerprint density at radius 1 is 1.41 bits per heavy atom. The number of ether oxygens (including phenoxy) is 1. The number of aliphatic hydroxyl groups is 2. The van der Waals surface area contributed by atoms with E-state index in [9.17, 15) is 9.90 Å². The van der Waals surface area contributed by atoms with E-state index in [0.717, 1.165) is 0 Å². The van der Waals surface area contributed by atoms with E-state index in [-0.39, 0.29) is 19.1 Å². The van der Waals surface area contributed by atoms with Crippen LogP contribution in [0.5, 0.6) is 0 Å². The highest BCUT2D eigenvalue weighted by Crippen LogP contribution is 2.17. The summed E-state index contributed by atoms with van der Waals surface area (Å²) in [6.07, 6.45) is 0. The van der Waals surface area contributed by atoms with Gasteiger partial charge in [0.25, 0.3) is 0 Å². The lowest BCUT2D eigenvalue weighted by Gasteiger charge is -2.28. The van der Waals surface area contributed by atoms with Crippen molar-refractivity contribution in [1.29, 1.82) is 0 Å². The predicted molar refractivity (Wildman–Crippen MR) is 63.6 cm³/mol. The SMILES string of the molecule is C[C@@H](CO)[C@@](C)(O)COC(=O)c1ccccc1. The van der Waals surface area contributed by atoms with Gasteiger partial charge in [0.1, 0.15) is 12.2 Å². The predicted octanol–water partition coefficient (Wildman–Crippen LogP) is 1.22. The molecular formula is C13H18O4. The van der Waals surface area contributed by atoms with Crippen molar-refractivity contribution in [2.45, 2.75) is 19.4 Å². The Balaban J connectivity index is 2.54. The van der Waals surface area contributed by atoms with Gasteiger partial charge in [0.2, 0.25) is 0 Å². The highest BCUT2D eigenvalue weighted by molar-refractivity contribution is 5.89. The van der Waals surface area contributed by atoms with Crippen molar-refractivity contribution in [3.63, 3.8) is 0 Å². The first-order valence-corrected chi connectivity index (χ1v) is 5.53. The molecule has 0 spiro atoms. The third-order valence-electron chi connectivity index (χ3n) is 2.84. The molecule has 2 atom stereocenters. The summed E-state index contributed by atoms with van der Waals surface area (Å²) >= 11 is 0. The Kier molecular flexibility index (Phi) is 4.66. The second-order valence-corrected chi connectivity index (χ2v) is 4.38. The summed E-state index contributed by atoms with van der Waals surface area (Å²) in [6.45, 7) is 2.93. The first kappa shape index (κ1) is 13.7. The van der Waals surface area contributed by atoms with Crippen LogP contribution in [0.3, 0.4) is 0 Å². The van der Waals surface area contributed by atoms with Gasteiger partial charge >= 0.3 is 5.97 Å². The van der Waals surface area contributed by atoms with Gasteiger partial charge in [-0.3, -0.25) is 0 Å². The van der Waals surface area contributed by atoms with Crippen molar-refractivity contribution in [2.24, 2.45) is 5.92 Å². The van der Waals surface area contributed by atoms with E-state index in [1.807, 2.05) is 0 Å². The molecule has 1 rings (SSSR count). The minimum atomic E-state index is -1.22. The van der Waals surface area contributed by atoms with Crippen LogP contribution in [0.2, 0.25) is 0 Å². The monoisotopic (exact) mass is 238 g/mol. The fraction of sp³-hybridized carbons (Fsp3) is 0.462. The molecule has 2 N–H and O–H groups in total. The quantitative estimate of drug-likeness (QED) is 0.757. The number of carbonyl (C=O) groups is 1. The molecule has 0 aliphatic rings. The molecular weight excluding hydrogens is 220 g/mol. The van der Waals surface area contributed by atoms with E-state index >= 15 is 0 Å². The van der Waals surface area contributed by atoms with E-state index < -0.39 is 11.6 Å². The molecule has 0 radical (unpaired) electrons. The van der Waals surface area contributed by atoms with Crippen LogP contribution in [0.1, 0.15) is 24.2 Å². The zero-order valence-electron chi connectivity index (χ0n) is 10.1. The van der Waals surface area contributed by atoms with Crippen LogP contribution < -0.4 is 0 Å². The van der Waals surface area contributed by atoms with Crippen LogP contribution >= 0.6 is 0 Å². The average Bonchev–Trinajstić information content (AvgIpc) is 2.36. The third-order valence-corrected chi connectivity index (χ3v) is 2.84. The minimum Gasteiger partial charge on any atom is -0.459 e. The lowest BCUT2D eigenvalue weighted by atomic mass is 9.92. The van der Waals surface area contributed by atoms with E-state index in [1.54, 1.807) is 37.3 Å². The average molecular weight is 238 g/mol. The maximum Gasteiger partial charge on any atom is 0.338 e. The van der Waals surface area contributed by atoms with Gasteiger partial charge < -0.3 is 14.9 Å². The molecule has 1 aromatic rings. The summed E-state index contributed by atoms with van der Waals surface area (Å²) in [5, 5.41) is 18.9. The first-order chi connectivity index (χ1) is 7.97. The zero-order chi connectivity index (χ0) is 12.9. The van der Waals surface area contributed by atoms with Crippen LogP contribution in [0, 0.1) is 5.92 Å². The second-order valence-electron chi connectivity index (χ2n) is 4.38. The van der Waals surface area contributed by atoms with E-state index in [0.29, 0.717) is 5.56 Å². The largest absolute Gasteiger partial charge is 0.459 e. The molecule has 0 saturated carbocycles. The summed E-state index contributed by atoms with van der Waals surface area (Å²) in [7, 11) is 0. The minimum absolute atomic E-state index is 0.136. The molecule has 0 aliphatic heterocycles. The van der Waals surface area contributed by atoms with Gasteiger partial charge in [-0.05, 0) is 19.1 Å². The normalized spacial score (nSPS) is 16.0. The molecule has 0 aliphatic carbocycles. The number of benzene rings is 1. The summed E-state index contributed by atoms with van der Waals surface area (Å²) in [6, 6.07) is 8.58. The van der Waals surface area contributed by atoms with Crippen molar-refractivity contribution in [3.05, 3.63) is 35.9 Å². The van der Waals surface area contributed by atoms with Gasteiger partial charge in [-0.2, -0.15) is 0 Å². The van der Waals surface area contributed by atoms with Gasteiger partial charge in [-0.25, -0.2) is 4.79 Å². The molecule has 17 heavy (non-hydrogen) atoms. The van der Waals surface area contributed by atoms with Gasteiger partial charge in [0.15, 0.2) is 0 Å². The lowest BCUT2D eigenvalue weighted by molar-refractivity contribution is -0.0651. The van der Waals surface area contributed by atoms with Crippen LogP contribution in [0.25, 0.3) is 0 Å². The van der Waals surface area contributed by atoms with Crippen LogP contribution in [0.15, 0.2) is 30.3 Å². The molecule has 0 saturated heterocycles. The Labute approximate surface area is 101 Å². The molecule has 0 amide bonds. The van der Waals surface area contributed by atoms with Crippen LogP contribution in [-0.2, 0) is 4.74 Å². The molecule has 1 aromatic carbocycles. The Hall–Kier alpha value is -1.39. The number of hydrogen-bond donors (Lipinski definition) is 2. The van der Waals surface area contributed by atoms with Gasteiger partial charge in [-0.15, -0.1) is 0 Å². The fourth-order valence-corrected chi connectivity index (χ4v) is 1.21. The van der Waals surface area contributed by atoms with Gasteiger partial charge in [-0.1, -0.05) is 25.1 Å². The standard InChI is InChI=1S/C13H18O4/c1-10(8-14)13(2,16)9-17-12(15)11-6-4-3-5-7-11/h3-7,10,14,16H,8-9H2,1-2H3/t10-,13-/m0/s1. The Morgan fingerprint density at radius 2 is 2.00 bits per heavy atom. The van der Waals surface area contributed by atoms with E-state index in [2.05, 4.69) is 0 Å². The number of carbonyl (C=O) groups excluding carboxylic acids is 1. The molecule has 94 valence electrons. The smallest absolute Gasteiger partial charge is 0.338 e. The first-order valence-electron chi connectivity index (χ1n) is 5.53. The highest BCUT2D eigenvalue weighted by Gasteiger charge is 2.29. The van der Waals surface area contributed by atoms with Gasteiger partial charge in [0.05, 0.1) is 5.56 Å². The zero-order valence-corrected chi connectivity index (χ0v) is 10.1.